The lowest BCUT2D eigenvalue weighted by molar-refractivity contribution is 0.0696. The maximum absolute atomic E-state index is 10.6. The first-order valence-electron chi connectivity index (χ1n) is 3.49. The highest BCUT2D eigenvalue weighted by Crippen LogP contribution is 2.15. The van der Waals surface area contributed by atoms with E-state index in [4.69, 9.17) is 5.11 Å². The van der Waals surface area contributed by atoms with Crippen molar-refractivity contribution in [2.45, 2.75) is 6.92 Å². The van der Waals surface area contributed by atoms with E-state index >= 15 is 0 Å². The van der Waals surface area contributed by atoms with Gasteiger partial charge in [-0.2, -0.15) is 0 Å². The second-order valence-electron chi connectivity index (χ2n) is 2.70. The van der Waals surface area contributed by atoms with Crippen LogP contribution in [0.25, 0.3) is 0 Å². The van der Waals surface area contributed by atoms with Crippen LogP contribution in [0.15, 0.2) is 6.07 Å². The number of hydrogen-bond acceptors (Lipinski definition) is 1. The fourth-order valence-corrected chi connectivity index (χ4v) is 1.68. The molecule has 0 aliphatic heterocycles. The average molecular weight is 184 g/mol. The Balaban J connectivity index is 3.17. The summed E-state index contributed by atoms with van der Waals surface area (Å²) in [5.74, 6) is -0.883. The standard InChI is InChI=1S/C8H10NO2P/c1-5-6(8(10)11)4-7(9-5)12(2)3/h4,9H,2H2,1,3H3/p+1. The number of carboxylic acid groups (broad SMARTS) is 1. The number of rotatable bonds is 2. The van der Waals surface area contributed by atoms with Gasteiger partial charge < -0.3 is 10.1 Å². The summed E-state index contributed by atoms with van der Waals surface area (Å²) in [5, 5.41) is 8.73. The van der Waals surface area contributed by atoms with Crippen LogP contribution in [0.2, 0.25) is 0 Å². The summed E-state index contributed by atoms with van der Waals surface area (Å²) < 4.78 is 0. The van der Waals surface area contributed by atoms with Crippen molar-refractivity contribution in [3.05, 3.63) is 17.3 Å². The Morgan fingerprint density at radius 1 is 1.75 bits per heavy atom. The lowest BCUT2D eigenvalue weighted by Crippen LogP contribution is -1.96. The Kier molecular flexibility index (Phi) is 2.34. The van der Waals surface area contributed by atoms with E-state index < -0.39 is 13.5 Å². The van der Waals surface area contributed by atoms with Gasteiger partial charge in [0, 0.05) is 11.8 Å². The van der Waals surface area contributed by atoms with Crippen molar-refractivity contribution in [1.29, 1.82) is 0 Å². The number of aromatic carboxylic acids is 1. The number of hydrogen-bond donors (Lipinski definition) is 2. The van der Waals surface area contributed by atoms with Crippen LogP contribution >= 0.6 is 7.55 Å². The van der Waals surface area contributed by atoms with Crippen molar-refractivity contribution in [3.8, 4) is 0 Å². The van der Waals surface area contributed by atoms with Crippen molar-refractivity contribution in [3.63, 3.8) is 0 Å². The normalized spacial score (nSPS) is 11.3. The lowest BCUT2D eigenvalue weighted by Gasteiger charge is -1.86. The molecule has 1 atom stereocenters. The highest BCUT2D eigenvalue weighted by molar-refractivity contribution is 7.62. The summed E-state index contributed by atoms with van der Waals surface area (Å²) in [5.41, 5.74) is 1.98. The lowest BCUT2D eigenvalue weighted by atomic mass is 10.3. The van der Waals surface area contributed by atoms with Gasteiger partial charge in [0.25, 0.3) is 0 Å². The topological polar surface area (TPSA) is 53.1 Å². The molecule has 0 aliphatic carbocycles. The van der Waals surface area contributed by atoms with Gasteiger partial charge in [0.05, 0.1) is 11.9 Å². The molecule has 12 heavy (non-hydrogen) atoms. The number of carboxylic acids is 1. The molecule has 0 amide bonds. The maximum Gasteiger partial charge on any atom is 0.337 e. The summed E-state index contributed by atoms with van der Waals surface area (Å²) in [6.45, 7) is 3.73. The van der Waals surface area contributed by atoms with Crippen molar-refractivity contribution in [2.24, 2.45) is 0 Å². The zero-order chi connectivity index (χ0) is 9.30. The van der Waals surface area contributed by atoms with E-state index in [1.54, 1.807) is 13.0 Å². The first-order valence-corrected chi connectivity index (χ1v) is 5.47. The molecule has 0 fully saturated rings. The minimum atomic E-state index is -0.883. The molecule has 0 radical (unpaired) electrons. The maximum atomic E-state index is 10.6. The predicted molar refractivity (Wildman–Crippen MR) is 52.1 cm³/mol. The molecule has 1 aromatic rings. The van der Waals surface area contributed by atoms with Crippen molar-refractivity contribution < 1.29 is 9.90 Å². The van der Waals surface area contributed by atoms with Crippen LogP contribution in [0.4, 0.5) is 0 Å². The highest BCUT2D eigenvalue weighted by Gasteiger charge is 2.15. The minimum Gasteiger partial charge on any atom is -0.478 e. The Labute approximate surface area is 71.8 Å². The van der Waals surface area contributed by atoms with Gasteiger partial charge in [0.15, 0.2) is 0 Å². The van der Waals surface area contributed by atoms with Gasteiger partial charge in [-0.05, 0) is 6.92 Å². The monoisotopic (exact) mass is 184 g/mol. The van der Waals surface area contributed by atoms with Gasteiger partial charge in [-0.25, -0.2) is 4.79 Å². The fraction of sp³-hybridized carbons (Fsp3) is 0.250. The molecule has 1 aromatic heterocycles. The molecule has 4 heteroatoms. The fourth-order valence-electron chi connectivity index (χ4n) is 0.968. The molecule has 0 saturated heterocycles. The molecule has 1 heterocycles. The molecular formula is C8H11NO2P+. The van der Waals surface area contributed by atoms with Crippen LogP contribution in [0, 0.1) is 6.92 Å². The van der Waals surface area contributed by atoms with Crippen molar-refractivity contribution in [1.82, 2.24) is 4.98 Å². The molecule has 0 bridgehead atoms. The van der Waals surface area contributed by atoms with Crippen LogP contribution in [-0.4, -0.2) is 29.0 Å². The Hall–Kier alpha value is -1.08. The predicted octanol–water partition coefficient (Wildman–Crippen LogP) is 1.19. The van der Waals surface area contributed by atoms with E-state index in [2.05, 4.69) is 11.3 Å². The third-order valence-electron chi connectivity index (χ3n) is 1.64. The van der Waals surface area contributed by atoms with Gasteiger partial charge >= 0.3 is 5.97 Å². The zero-order valence-corrected chi connectivity index (χ0v) is 7.98. The average Bonchev–Trinajstić information content (AvgIpc) is 2.30. The molecule has 64 valence electrons. The molecule has 1 rings (SSSR count). The molecule has 0 saturated carbocycles. The van der Waals surface area contributed by atoms with Crippen LogP contribution in [0.1, 0.15) is 16.1 Å². The third kappa shape index (κ3) is 1.56. The van der Waals surface area contributed by atoms with Gasteiger partial charge in [0.2, 0.25) is 5.44 Å². The summed E-state index contributed by atoms with van der Waals surface area (Å²) in [4.78, 5) is 13.6. The van der Waals surface area contributed by atoms with E-state index in [9.17, 15) is 4.79 Å². The molecule has 0 spiro atoms. The van der Waals surface area contributed by atoms with E-state index in [-0.39, 0.29) is 0 Å². The second kappa shape index (κ2) is 3.11. The Bertz CT molecular complexity index is 341. The molecule has 3 nitrogen and oxygen atoms in total. The summed E-state index contributed by atoms with van der Waals surface area (Å²) in [6.07, 6.45) is 3.86. The SMILES string of the molecule is C=[P+](C)c1cc(C(=O)O)c(C)[nH]1. The van der Waals surface area contributed by atoms with Crippen LogP contribution in [0.5, 0.6) is 0 Å². The highest BCUT2D eigenvalue weighted by atomic mass is 31.1. The van der Waals surface area contributed by atoms with E-state index in [0.29, 0.717) is 11.3 Å². The quantitative estimate of drug-likeness (QED) is 0.678. The van der Waals surface area contributed by atoms with Gasteiger partial charge in [0.1, 0.15) is 14.2 Å². The number of H-pyrrole nitrogens is 1. The number of nitrogens with one attached hydrogen (secondary N) is 1. The number of aryl methyl sites for hydroxylation is 1. The zero-order valence-electron chi connectivity index (χ0n) is 7.09. The van der Waals surface area contributed by atoms with Crippen LogP contribution in [-0.2, 0) is 0 Å². The van der Waals surface area contributed by atoms with Gasteiger partial charge in [-0.1, -0.05) is 0 Å². The molecular weight excluding hydrogens is 173 g/mol. The van der Waals surface area contributed by atoms with Crippen LogP contribution in [0.3, 0.4) is 0 Å². The van der Waals surface area contributed by atoms with E-state index in [0.717, 1.165) is 5.44 Å². The third-order valence-corrected chi connectivity index (χ3v) is 2.71. The minimum absolute atomic E-state index is 0.350. The summed E-state index contributed by atoms with van der Waals surface area (Å²) in [6, 6.07) is 1.66. The smallest absolute Gasteiger partial charge is 0.337 e. The van der Waals surface area contributed by atoms with E-state index in [1.807, 2.05) is 6.66 Å². The molecule has 1 unspecified atom stereocenters. The molecule has 2 N–H and O–H groups in total. The first-order chi connectivity index (χ1) is 5.52. The molecule has 0 aliphatic rings. The number of aromatic nitrogens is 1. The van der Waals surface area contributed by atoms with Crippen LogP contribution < -0.4 is 5.44 Å². The largest absolute Gasteiger partial charge is 0.478 e. The Morgan fingerprint density at radius 3 is 2.58 bits per heavy atom. The second-order valence-corrected chi connectivity index (χ2v) is 4.57. The number of carbonyl (C=O) groups is 1. The Morgan fingerprint density at radius 2 is 2.33 bits per heavy atom. The summed E-state index contributed by atoms with van der Waals surface area (Å²) in [7, 11) is -0.485. The van der Waals surface area contributed by atoms with E-state index in [1.165, 1.54) is 0 Å². The van der Waals surface area contributed by atoms with Crippen molar-refractivity contribution in [2.75, 3.05) is 6.66 Å². The van der Waals surface area contributed by atoms with Gasteiger partial charge in [-0.3, -0.25) is 0 Å². The van der Waals surface area contributed by atoms with Crippen molar-refractivity contribution >= 4 is 25.2 Å². The number of aromatic amines is 1. The first kappa shape index (κ1) is 9.01. The summed E-state index contributed by atoms with van der Waals surface area (Å²) >= 11 is 0. The van der Waals surface area contributed by atoms with Gasteiger partial charge in [-0.15, -0.1) is 0 Å². The molecule has 0 aromatic carbocycles.